The van der Waals surface area contributed by atoms with E-state index < -0.39 is 5.82 Å². The number of nitrogens with one attached hydrogen (secondary N) is 1. The minimum absolute atomic E-state index is 0.0176. The van der Waals surface area contributed by atoms with Gasteiger partial charge in [0.15, 0.2) is 0 Å². The van der Waals surface area contributed by atoms with E-state index in [1.54, 1.807) is 11.9 Å². The van der Waals surface area contributed by atoms with Gasteiger partial charge in [0.25, 0.3) is 5.91 Å². The molecule has 108 valence electrons. The third-order valence-electron chi connectivity index (χ3n) is 3.56. The lowest BCUT2D eigenvalue weighted by molar-refractivity contribution is -0.125. The second-order valence-electron chi connectivity index (χ2n) is 4.80. The molecule has 0 unspecified atom stereocenters. The molecule has 6 heteroatoms. The number of carbonyl (C=O) groups is 2. The second-order valence-corrected chi connectivity index (χ2v) is 5.66. The van der Waals surface area contributed by atoms with E-state index in [1.165, 1.54) is 18.2 Å². The summed E-state index contributed by atoms with van der Waals surface area (Å²) in [5.41, 5.74) is 0.323. The molecule has 0 aromatic heterocycles. The van der Waals surface area contributed by atoms with E-state index in [-0.39, 0.29) is 17.7 Å². The molecule has 1 N–H and O–H groups in total. The first-order valence-electron chi connectivity index (χ1n) is 6.49. The standard InChI is InChI=1S/C14H16BrFN2O2/c1-17-13(19)9-4-6-18(7-5-9)14(20)11-8-10(16)2-3-12(11)15/h2-3,8-9H,4-7H2,1H3,(H,17,19). The topological polar surface area (TPSA) is 49.4 Å². The Morgan fingerprint density at radius 3 is 2.60 bits per heavy atom. The summed E-state index contributed by atoms with van der Waals surface area (Å²) in [5, 5.41) is 2.63. The number of benzene rings is 1. The highest BCUT2D eigenvalue weighted by Crippen LogP contribution is 2.23. The third kappa shape index (κ3) is 3.17. The van der Waals surface area contributed by atoms with Crippen molar-refractivity contribution in [3.8, 4) is 0 Å². The number of nitrogens with zero attached hydrogens (tertiary/aromatic N) is 1. The Hall–Kier alpha value is -1.43. The van der Waals surface area contributed by atoms with Crippen molar-refractivity contribution in [3.05, 3.63) is 34.1 Å². The summed E-state index contributed by atoms with van der Waals surface area (Å²) in [6, 6.07) is 4.07. The van der Waals surface area contributed by atoms with Crippen molar-refractivity contribution in [1.82, 2.24) is 10.2 Å². The molecule has 0 bridgehead atoms. The van der Waals surface area contributed by atoms with Crippen LogP contribution >= 0.6 is 15.9 Å². The average Bonchev–Trinajstić information content (AvgIpc) is 2.48. The van der Waals surface area contributed by atoms with Gasteiger partial charge in [-0.1, -0.05) is 0 Å². The predicted octanol–water partition coefficient (Wildman–Crippen LogP) is 2.19. The van der Waals surface area contributed by atoms with Crippen LogP contribution in [0.3, 0.4) is 0 Å². The van der Waals surface area contributed by atoms with Crippen LogP contribution in [-0.4, -0.2) is 36.9 Å². The van der Waals surface area contributed by atoms with E-state index >= 15 is 0 Å². The average molecular weight is 343 g/mol. The fourth-order valence-corrected chi connectivity index (χ4v) is 2.80. The van der Waals surface area contributed by atoms with Gasteiger partial charge in [-0.25, -0.2) is 4.39 Å². The summed E-state index contributed by atoms with van der Waals surface area (Å²) in [7, 11) is 1.61. The van der Waals surface area contributed by atoms with Crippen LogP contribution in [0.5, 0.6) is 0 Å². The molecule has 2 rings (SSSR count). The van der Waals surface area contributed by atoms with Crippen LogP contribution in [-0.2, 0) is 4.79 Å². The molecule has 1 fully saturated rings. The first-order valence-corrected chi connectivity index (χ1v) is 7.28. The summed E-state index contributed by atoms with van der Waals surface area (Å²) >= 11 is 3.27. The molecule has 0 atom stereocenters. The number of halogens is 2. The molecule has 1 heterocycles. The van der Waals surface area contributed by atoms with Crippen LogP contribution in [0.4, 0.5) is 4.39 Å². The van der Waals surface area contributed by atoms with Crippen molar-refractivity contribution in [3.63, 3.8) is 0 Å². The maximum atomic E-state index is 13.2. The van der Waals surface area contributed by atoms with Crippen LogP contribution < -0.4 is 5.32 Å². The molecule has 1 aromatic rings. The van der Waals surface area contributed by atoms with Crippen molar-refractivity contribution in [2.45, 2.75) is 12.8 Å². The molecule has 0 saturated carbocycles. The van der Waals surface area contributed by atoms with E-state index in [9.17, 15) is 14.0 Å². The number of amides is 2. The normalized spacial score (nSPS) is 16.1. The highest BCUT2D eigenvalue weighted by Gasteiger charge is 2.28. The minimum atomic E-state index is -0.434. The Kier molecular flexibility index (Phi) is 4.75. The molecule has 0 radical (unpaired) electrons. The maximum Gasteiger partial charge on any atom is 0.255 e. The largest absolute Gasteiger partial charge is 0.359 e. The van der Waals surface area contributed by atoms with Crippen molar-refractivity contribution in [2.24, 2.45) is 5.92 Å². The monoisotopic (exact) mass is 342 g/mol. The molecule has 4 nitrogen and oxygen atoms in total. The summed E-state index contributed by atoms with van der Waals surface area (Å²) in [5.74, 6) is -0.660. The number of piperidine rings is 1. The van der Waals surface area contributed by atoms with Gasteiger partial charge in [0, 0.05) is 30.5 Å². The van der Waals surface area contributed by atoms with Gasteiger partial charge in [0.1, 0.15) is 5.82 Å². The van der Waals surface area contributed by atoms with Gasteiger partial charge in [-0.3, -0.25) is 9.59 Å². The Morgan fingerprint density at radius 2 is 2.00 bits per heavy atom. The van der Waals surface area contributed by atoms with Crippen LogP contribution in [0.25, 0.3) is 0 Å². The molecule has 1 aliphatic rings. The van der Waals surface area contributed by atoms with E-state index in [0.717, 1.165) is 0 Å². The van der Waals surface area contributed by atoms with E-state index in [1.807, 2.05) is 0 Å². The van der Waals surface area contributed by atoms with Crippen LogP contribution in [0.15, 0.2) is 22.7 Å². The van der Waals surface area contributed by atoms with Crippen LogP contribution in [0, 0.1) is 11.7 Å². The first-order chi connectivity index (χ1) is 9.52. The smallest absolute Gasteiger partial charge is 0.255 e. The van der Waals surface area contributed by atoms with Gasteiger partial charge in [0.2, 0.25) is 5.91 Å². The fraction of sp³-hybridized carbons (Fsp3) is 0.429. The van der Waals surface area contributed by atoms with Gasteiger partial charge >= 0.3 is 0 Å². The fourth-order valence-electron chi connectivity index (χ4n) is 2.38. The predicted molar refractivity (Wildman–Crippen MR) is 76.8 cm³/mol. The van der Waals surface area contributed by atoms with E-state index in [4.69, 9.17) is 0 Å². The number of carbonyl (C=O) groups excluding carboxylic acids is 2. The Morgan fingerprint density at radius 1 is 1.35 bits per heavy atom. The molecular weight excluding hydrogens is 327 g/mol. The van der Waals surface area contributed by atoms with Crippen molar-refractivity contribution in [2.75, 3.05) is 20.1 Å². The van der Waals surface area contributed by atoms with Crippen molar-refractivity contribution >= 4 is 27.7 Å². The van der Waals surface area contributed by atoms with Gasteiger partial charge in [0.05, 0.1) is 5.56 Å². The molecule has 1 aliphatic heterocycles. The lowest BCUT2D eigenvalue weighted by Gasteiger charge is -2.31. The summed E-state index contributed by atoms with van der Waals surface area (Å²) in [4.78, 5) is 25.6. The van der Waals surface area contributed by atoms with Gasteiger partial charge in [-0.2, -0.15) is 0 Å². The summed E-state index contributed by atoms with van der Waals surface area (Å²) < 4.78 is 13.8. The van der Waals surface area contributed by atoms with E-state index in [0.29, 0.717) is 36.0 Å². The van der Waals surface area contributed by atoms with E-state index in [2.05, 4.69) is 21.2 Å². The lowest BCUT2D eigenvalue weighted by Crippen LogP contribution is -2.42. The SMILES string of the molecule is CNC(=O)C1CCN(C(=O)c2cc(F)ccc2Br)CC1. The Bertz CT molecular complexity index is 528. The molecule has 2 amide bonds. The number of rotatable bonds is 2. The molecular formula is C14H16BrFN2O2. The maximum absolute atomic E-state index is 13.2. The van der Waals surface area contributed by atoms with Crippen LogP contribution in [0.2, 0.25) is 0 Å². The quantitative estimate of drug-likeness (QED) is 0.895. The molecule has 0 spiro atoms. The van der Waals surface area contributed by atoms with Crippen molar-refractivity contribution < 1.29 is 14.0 Å². The first kappa shape index (κ1) is 15.0. The van der Waals surface area contributed by atoms with Gasteiger partial charge in [-0.15, -0.1) is 0 Å². The highest BCUT2D eigenvalue weighted by atomic mass is 79.9. The lowest BCUT2D eigenvalue weighted by atomic mass is 9.95. The highest BCUT2D eigenvalue weighted by molar-refractivity contribution is 9.10. The Balaban J connectivity index is 2.05. The van der Waals surface area contributed by atoms with Gasteiger partial charge < -0.3 is 10.2 Å². The molecule has 1 aromatic carbocycles. The Labute approximate surface area is 125 Å². The number of hydrogen-bond acceptors (Lipinski definition) is 2. The zero-order valence-electron chi connectivity index (χ0n) is 11.2. The summed E-state index contributed by atoms with van der Waals surface area (Å²) in [6.07, 6.45) is 1.27. The van der Waals surface area contributed by atoms with Gasteiger partial charge in [-0.05, 0) is 47.0 Å². The number of hydrogen-bond donors (Lipinski definition) is 1. The zero-order chi connectivity index (χ0) is 14.7. The van der Waals surface area contributed by atoms with Crippen LogP contribution in [0.1, 0.15) is 23.2 Å². The van der Waals surface area contributed by atoms with Crippen molar-refractivity contribution in [1.29, 1.82) is 0 Å². The number of likely N-dealkylation sites (tertiary alicyclic amines) is 1. The molecule has 20 heavy (non-hydrogen) atoms. The molecule has 1 saturated heterocycles. The third-order valence-corrected chi connectivity index (χ3v) is 4.25. The molecule has 0 aliphatic carbocycles. The summed E-state index contributed by atoms with van der Waals surface area (Å²) in [6.45, 7) is 1.03. The zero-order valence-corrected chi connectivity index (χ0v) is 12.7. The minimum Gasteiger partial charge on any atom is -0.359 e. The second kappa shape index (κ2) is 6.35.